The molecule has 4 heteroatoms. The van der Waals surface area contributed by atoms with Crippen LogP contribution in [0.4, 0.5) is 17.1 Å². The molecule has 1 aromatic heterocycles. The van der Waals surface area contributed by atoms with Crippen LogP contribution in [0.3, 0.4) is 0 Å². The van der Waals surface area contributed by atoms with E-state index in [1.165, 1.54) is 70.8 Å². The maximum atomic E-state index is 7.00. The minimum absolute atomic E-state index is 0.548. The highest BCUT2D eigenvalue weighted by molar-refractivity contribution is 7.99. The lowest BCUT2D eigenvalue weighted by Gasteiger charge is -2.41. The molecule has 3 nitrogen and oxygen atoms in total. The van der Waals surface area contributed by atoms with Gasteiger partial charge in [-0.1, -0.05) is 176 Å². The first kappa shape index (κ1) is 38.4. The number of furan rings is 1. The average molecular weight is 910 g/mol. The van der Waals surface area contributed by atoms with Crippen LogP contribution in [0, 0.1) is 0 Å². The van der Waals surface area contributed by atoms with Gasteiger partial charge in [-0.25, -0.2) is 0 Å². The Labute approximate surface area is 408 Å². The molecular weight excluding hydrogens is 871 g/mol. The third-order valence-electron chi connectivity index (χ3n) is 15.8. The van der Waals surface area contributed by atoms with E-state index in [-0.39, 0.29) is 0 Å². The molecule has 0 bridgehead atoms. The molecule has 0 amide bonds. The zero-order valence-electron chi connectivity index (χ0n) is 37.7. The van der Waals surface area contributed by atoms with Gasteiger partial charge in [0.15, 0.2) is 0 Å². The van der Waals surface area contributed by atoms with Gasteiger partial charge in [0.05, 0.1) is 21.9 Å². The second kappa shape index (κ2) is 14.0. The zero-order chi connectivity index (χ0) is 45.7. The Morgan fingerprint density at radius 3 is 1.51 bits per heavy atom. The van der Waals surface area contributed by atoms with Gasteiger partial charge < -0.3 is 14.1 Å². The molecule has 2 aliphatic heterocycles. The van der Waals surface area contributed by atoms with Crippen molar-refractivity contribution < 1.29 is 9.15 Å². The lowest BCUT2D eigenvalue weighted by Crippen LogP contribution is -2.32. The molecule has 0 unspecified atom stereocenters. The Bertz CT molecular complexity index is 3950. The normalized spacial score (nSPS) is 14.6. The van der Waals surface area contributed by atoms with E-state index in [2.05, 4.69) is 241 Å². The fraction of sp³-hybridized carbons (Fsp3) is 0.0303. The Hall–Kier alpha value is -8.57. The van der Waals surface area contributed by atoms with Crippen molar-refractivity contribution in [2.24, 2.45) is 0 Å². The van der Waals surface area contributed by atoms with Gasteiger partial charge in [0.25, 0.3) is 0 Å². The molecule has 0 atom stereocenters. The van der Waals surface area contributed by atoms with Crippen LogP contribution in [-0.2, 0) is 10.8 Å². The third kappa shape index (κ3) is 4.85. The first-order valence-corrected chi connectivity index (χ1v) is 24.9. The van der Waals surface area contributed by atoms with E-state index in [1.54, 1.807) is 0 Å². The topological polar surface area (TPSA) is 25.6 Å². The van der Waals surface area contributed by atoms with Crippen LogP contribution in [-0.4, -0.2) is 0 Å². The van der Waals surface area contributed by atoms with Gasteiger partial charge in [0.1, 0.15) is 22.7 Å². The predicted octanol–water partition coefficient (Wildman–Crippen LogP) is 17.5. The first-order valence-electron chi connectivity index (χ1n) is 24.1. The van der Waals surface area contributed by atoms with Crippen molar-refractivity contribution in [1.82, 2.24) is 0 Å². The minimum Gasteiger partial charge on any atom is -0.457 e. The number of ether oxygens (including phenoxy) is 1. The van der Waals surface area contributed by atoms with E-state index >= 15 is 0 Å². The summed E-state index contributed by atoms with van der Waals surface area (Å²) in [7, 11) is 0. The molecule has 2 aliphatic carbocycles. The molecule has 16 rings (SSSR count). The zero-order valence-corrected chi connectivity index (χ0v) is 38.5. The number of para-hydroxylation sites is 1. The molecular formula is C66H39NO2S. The highest BCUT2D eigenvalue weighted by atomic mass is 32.2. The van der Waals surface area contributed by atoms with Crippen LogP contribution in [0.25, 0.3) is 55.0 Å². The second-order valence-electron chi connectivity index (χ2n) is 19.0. The maximum absolute atomic E-state index is 7.00. The fourth-order valence-electron chi connectivity index (χ4n) is 13.1. The summed E-state index contributed by atoms with van der Waals surface area (Å²) in [6.07, 6.45) is 0. The van der Waals surface area contributed by atoms with Crippen LogP contribution >= 0.6 is 11.8 Å². The number of hydrogen-bond acceptors (Lipinski definition) is 4. The molecule has 2 spiro atoms. The van der Waals surface area contributed by atoms with Crippen LogP contribution in [0.1, 0.15) is 44.5 Å². The van der Waals surface area contributed by atoms with Crippen LogP contribution in [0.5, 0.6) is 11.5 Å². The summed E-state index contributed by atoms with van der Waals surface area (Å²) in [6, 6.07) is 87.4. The van der Waals surface area contributed by atoms with Crippen molar-refractivity contribution in [2.75, 3.05) is 4.90 Å². The maximum Gasteiger partial charge on any atom is 0.137 e. The van der Waals surface area contributed by atoms with Crippen molar-refractivity contribution in [1.29, 1.82) is 0 Å². The quantitative estimate of drug-likeness (QED) is 0.176. The van der Waals surface area contributed by atoms with Crippen molar-refractivity contribution in [3.8, 4) is 33.8 Å². The van der Waals surface area contributed by atoms with Gasteiger partial charge in [-0.2, -0.15) is 0 Å². The summed E-state index contributed by atoms with van der Waals surface area (Å²) in [5, 5.41) is 4.48. The average Bonchev–Trinajstić information content (AvgIpc) is 4.04. The van der Waals surface area contributed by atoms with Gasteiger partial charge in [0.2, 0.25) is 0 Å². The van der Waals surface area contributed by atoms with E-state index in [0.717, 1.165) is 67.0 Å². The summed E-state index contributed by atoms with van der Waals surface area (Å²) in [5.74, 6) is 1.73. The van der Waals surface area contributed by atoms with Gasteiger partial charge in [0, 0.05) is 37.7 Å². The molecule has 3 heterocycles. The number of anilines is 3. The number of benzene rings is 11. The minimum atomic E-state index is -0.635. The number of nitrogens with zero attached hydrogens (tertiary/aromatic N) is 1. The van der Waals surface area contributed by atoms with Crippen molar-refractivity contribution >= 4 is 61.5 Å². The Kier molecular flexibility index (Phi) is 7.69. The highest BCUT2D eigenvalue weighted by Crippen LogP contribution is 2.65. The lowest BCUT2D eigenvalue weighted by atomic mass is 9.66. The van der Waals surface area contributed by atoms with Gasteiger partial charge in [-0.05, 0) is 139 Å². The van der Waals surface area contributed by atoms with E-state index in [0.29, 0.717) is 0 Å². The molecule has 0 saturated heterocycles. The molecule has 70 heavy (non-hydrogen) atoms. The first-order chi connectivity index (χ1) is 34.7. The summed E-state index contributed by atoms with van der Waals surface area (Å²) in [6.45, 7) is 0. The number of fused-ring (bicyclic) bond motifs is 22. The number of hydrogen-bond donors (Lipinski definition) is 0. The highest BCUT2D eigenvalue weighted by Gasteiger charge is 2.52. The number of rotatable bonds is 3. The Balaban J connectivity index is 1.01. The molecule has 326 valence electrons. The van der Waals surface area contributed by atoms with Crippen LogP contribution in [0.2, 0.25) is 0 Å². The van der Waals surface area contributed by atoms with Crippen molar-refractivity contribution in [2.45, 2.75) is 20.6 Å². The smallest absolute Gasteiger partial charge is 0.137 e. The Morgan fingerprint density at radius 2 is 0.843 bits per heavy atom. The SMILES string of the molecule is c1ccc2c(c1)Oc1ccc(N(c3ccc4c(c3)C3(c5ccccc5S4)c4ccccc4-c4ccccc43)c3cccc4oc5cc6ccccc6cc5c34)cc1C21c2ccccc2-c2ccccc21. The summed E-state index contributed by atoms with van der Waals surface area (Å²) < 4.78 is 13.8. The van der Waals surface area contributed by atoms with Gasteiger partial charge in [-0.3, -0.25) is 0 Å². The fourth-order valence-corrected chi connectivity index (χ4v) is 14.2. The molecule has 11 aromatic carbocycles. The summed E-state index contributed by atoms with van der Waals surface area (Å²) >= 11 is 1.87. The lowest BCUT2D eigenvalue weighted by molar-refractivity contribution is 0.436. The molecule has 0 N–H and O–H groups in total. The van der Waals surface area contributed by atoms with E-state index < -0.39 is 10.8 Å². The van der Waals surface area contributed by atoms with E-state index in [4.69, 9.17) is 9.15 Å². The molecule has 0 radical (unpaired) electrons. The monoisotopic (exact) mass is 909 g/mol. The molecule has 4 aliphatic rings. The van der Waals surface area contributed by atoms with Crippen LogP contribution in [0.15, 0.2) is 251 Å². The summed E-state index contributed by atoms with van der Waals surface area (Å²) in [5.41, 5.74) is 18.7. The van der Waals surface area contributed by atoms with Crippen LogP contribution < -0.4 is 9.64 Å². The molecule has 0 fully saturated rings. The largest absolute Gasteiger partial charge is 0.457 e. The third-order valence-corrected chi connectivity index (χ3v) is 16.9. The predicted molar refractivity (Wildman–Crippen MR) is 285 cm³/mol. The molecule has 0 saturated carbocycles. The van der Waals surface area contributed by atoms with E-state index in [1.807, 2.05) is 11.8 Å². The van der Waals surface area contributed by atoms with Crippen molar-refractivity contribution in [3.05, 3.63) is 281 Å². The van der Waals surface area contributed by atoms with Gasteiger partial charge >= 0.3 is 0 Å². The Morgan fingerprint density at radius 1 is 0.343 bits per heavy atom. The standard InChI is InChI=1S/C66H39NO2S/c1-2-17-41-37-61-48(36-40(41)16-1)64-57(28-15-30-60(64)69-61)67(42-32-34-59-55(38-42)65(53-26-11-13-29-58(53)68-59)49-22-7-3-18-44(49)45-19-4-8-23-50(45)65)43-33-35-63-56(39-43)66(54-27-12-14-31-62(54)70-63)51-24-9-5-20-46(51)47-21-6-10-25-52(47)66/h1-39H. The second-order valence-corrected chi connectivity index (χ2v) is 20.1. The van der Waals surface area contributed by atoms with E-state index in [9.17, 15) is 0 Å². The van der Waals surface area contributed by atoms with Gasteiger partial charge in [-0.15, -0.1) is 0 Å². The summed E-state index contributed by atoms with van der Waals surface area (Å²) in [4.78, 5) is 5.02. The van der Waals surface area contributed by atoms with Crippen molar-refractivity contribution in [3.63, 3.8) is 0 Å². The molecule has 12 aromatic rings.